The Morgan fingerprint density at radius 2 is 1.96 bits per heavy atom. The highest BCUT2D eigenvalue weighted by atomic mass is 19.4. The number of amides is 1. The van der Waals surface area contributed by atoms with Gasteiger partial charge >= 0.3 is 6.18 Å². The van der Waals surface area contributed by atoms with Crippen LogP contribution in [0, 0.1) is 0 Å². The first kappa shape index (κ1) is 18.7. The lowest BCUT2D eigenvalue weighted by atomic mass is 10.2. The zero-order chi connectivity index (χ0) is 19.4. The van der Waals surface area contributed by atoms with Crippen molar-refractivity contribution in [3.8, 4) is 5.75 Å². The van der Waals surface area contributed by atoms with E-state index in [4.69, 9.17) is 4.74 Å². The molecule has 0 saturated heterocycles. The number of pyridine rings is 1. The Morgan fingerprint density at radius 3 is 2.63 bits per heavy atom. The largest absolute Gasteiger partial charge is 0.492 e. The Morgan fingerprint density at radius 1 is 1.22 bits per heavy atom. The van der Waals surface area contributed by atoms with Crippen molar-refractivity contribution in [1.82, 2.24) is 20.1 Å². The highest BCUT2D eigenvalue weighted by molar-refractivity contribution is 6.04. The van der Waals surface area contributed by atoms with Gasteiger partial charge in [-0.15, -0.1) is 0 Å². The summed E-state index contributed by atoms with van der Waals surface area (Å²) >= 11 is 0. The van der Waals surface area contributed by atoms with Crippen molar-refractivity contribution in [2.24, 2.45) is 0 Å². The molecule has 0 aliphatic rings. The number of ether oxygens (including phenoxy) is 1. The predicted molar refractivity (Wildman–Crippen MR) is 92.5 cm³/mol. The van der Waals surface area contributed by atoms with E-state index in [-0.39, 0.29) is 12.5 Å². The summed E-state index contributed by atoms with van der Waals surface area (Å²) in [5.41, 5.74) is 0.198. The second-order valence-electron chi connectivity index (χ2n) is 5.71. The molecule has 0 saturated carbocycles. The maximum atomic E-state index is 12.5. The molecule has 1 N–H and O–H groups in total. The summed E-state index contributed by atoms with van der Waals surface area (Å²) in [6, 6.07) is 6.20. The van der Waals surface area contributed by atoms with E-state index in [0.29, 0.717) is 35.4 Å². The van der Waals surface area contributed by atoms with E-state index in [1.807, 2.05) is 6.92 Å². The number of fused-ring (bicyclic) bond motifs is 1. The second kappa shape index (κ2) is 7.65. The summed E-state index contributed by atoms with van der Waals surface area (Å²) in [6.45, 7) is 2.89. The first-order chi connectivity index (χ1) is 12.9. The number of carbonyl (C=O) groups excluding carboxylic acids is 1. The quantitative estimate of drug-likeness (QED) is 0.715. The van der Waals surface area contributed by atoms with Gasteiger partial charge in [-0.3, -0.25) is 14.5 Å². The molecular weight excluding hydrogens is 361 g/mol. The van der Waals surface area contributed by atoms with Gasteiger partial charge < -0.3 is 10.1 Å². The van der Waals surface area contributed by atoms with Crippen LogP contribution in [0.3, 0.4) is 0 Å². The Labute approximate surface area is 153 Å². The number of alkyl halides is 3. The van der Waals surface area contributed by atoms with E-state index in [9.17, 15) is 18.0 Å². The summed E-state index contributed by atoms with van der Waals surface area (Å²) in [5.74, 6) is 0.0630. The molecule has 0 aliphatic carbocycles. The number of halogens is 3. The molecule has 6 nitrogen and oxygen atoms in total. The lowest BCUT2D eigenvalue weighted by Crippen LogP contribution is -2.23. The Hall–Kier alpha value is -3.10. The topological polar surface area (TPSA) is 69.0 Å². The van der Waals surface area contributed by atoms with Crippen LogP contribution in [0.4, 0.5) is 13.2 Å². The first-order valence-corrected chi connectivity index (χ1v) is 8.29. The molecule has 0 atom stereocenters. The van der Waals surface area contributed by atoms with E-state index in [0.717, 1.165) is 12.1 Å². The predicted octanol–water partition coefficient (Wildman–Crippen LogP) is 3.28. The highest BCUT2D eigenvalue weighted by Gasteiger charge is 2.30. The molecule has 9 heteroatoms. The SMILES string of the molecule is CCNC(=O)c1nccc2nn(CCOc3ccc(C(F)(F)F)cc3)cc12. The van der Waals surface area contributed by atoms with Crippen LogP contribution in [-0.2, 0) is 12.7 Å². The van der Waals surface area contributed by atoms with Gasteiger partial charge in [0, 0.05) is 18.9 Å². The molecule has 0 radical (unpaired) electrons. The van der Waals surface area contributed by atoms with Crippen LogP contribution in [0.25, 0.3) is 10.9 Å². The van der Waals surface area contributed by atoms with Gasteiger partial charge in [0.25, 0.3) is 5.91 Å². The fraction of sp³-hybridized carbons (Fsp3) is 0.278. The molecular formula is C18H17F3N4O2. The Bertz CT molecular complexity index is 936. The molecule has 0 aliphatic heterocycles. The van der Waals surface area contributed by atoms with Crippen LogP contribution >= 0.6 is 0 Å². The second-order valence-corrected chi connectivity index (χ2v) is 5.71. The zero-order valence-electron chi connectivity index (χ0n) is 14.5. The monoisotopic (exact) mass is 378 g/mol. The fourth-order valence-corrected chi connectivity index (χ4v) is 2.53. The van der Waals surface area contributed by atoms with Crippen LogP contribution in [0.15, 0.2) is 42.7 Å². The summed E-state index contributed by atoms with van der Waals surface area (Å²) < 4.78 is 44.7. The normalized spacial score (nSPS) is 11.6. The summed E-state index contributed by atoms with van der Waals surface area (Å²) in [6.07, 6.45) is -1.16. The molecule has 2 heterocycles. The van der Waals surface area contributed by atoms with Crippen molar-refractivity contribution in [1.29, 1.82) is 0 Å². The maximum Gasteiger partial charge on any atom is 0.416 e. The molecule has 3 rings (SSSR count). The van der Waals surface area contributed by atoms with E-state index in [1.54, 1.807) is 16.9 Å². The number of nitrogens with zero attached hydrogens (tertiary/aromatic N) is 3. The summed E-state index contributed by atoms with van der Waals surface area (Å²) in [5, 5.41) is 7.68. The molecule has 0 fully saturated rings. The van der Waals surface area contributed by atoms with E-state index in [2.05, 4.69) is 15.4 Å². The number of hydrogen-bond acceptors (Lipinski definition) is 4. The molecule has 1 aromatic carbocycles. The standard InChI is InChI=1S/C18H17F3N4O2/c1-2-22-17(26)16-14-11-25(24-15(14)7-8-23-16)9-10-27-13-5-3-12(4-6-13)18(19,20)21/h3-8,11H,2,9-10H2,1H3,(H,22,26). The molecule has 0 bridgehead atoms. The molecule has 0 spiro atoms. The van der Waals surface area contributed by atoms with E-state index < -0.39 is 11.7 Å². The minimum atomic E-state index is -4.37. The van der Waals surface area contributed by atoms with Crippen molar-refractivity contribution in [3.63, 3.8) is 0 Å². The Balaban J connectivity index is 1.65. The maximum absolute atomic E-state index is 12.5. The number of nitrogens with one attached hydrogen (secondary N) is 1. The van der Waals surface area contributed by atoms with Crippen molar-refractivity contribution < 1.29 is 22.7 Å². The molecule has 27 heavy (non-hydrogen) atoms. The number of hydrogen-bond donors (Lipinski definition) is 1. The molecule has 2 aromatic heterocycles. The average molecular weight is 378 g/mol. The molecule has 3 aromatic rings. The van der Waals surface area contributed by atoms with Crippen LogP contribution in [0.1, 0.15) is 23.0 Å². The lowest BCUT2D eigenvalue weighted by molar-refractivity contribution is -0.137. The van der Waals surface area contributed by atoms with Crippen LogP contribution in [0.5, 0.6) is 5.75 Å². The van der Waals surface area contributed by atoms with Gasteiger partial charge in [0.15, 0.2) is 0 Å². The molecule has 142 valence electrons. The third-order valence-electron chi connectivity index (χ3n) is 3.80. The number of benzene rings is 1. The van der Waals surface area contributed by atoms with Crippen LogP contribution in [0.2, 0.25) is 0 Å². The fourth-order valence-electron chi connectivity index (χ4n) is 2.53. The van der Waals surface area contributed by atoms with Crippen molar-refractivity contribution in [2.75, 3.05) is 13.2 Å². The van der Waals surface area contributed by atoms with Crippen molar-refractivity contribution in [3.05, 3.63) is 54.0 Å². The van der Waals surface area contributed by atoms with Gasteiger partial charge in [0.1, 0.15) is 18.1 Å². The van der Waals surface area contributed by atoms with Crippen molar-refractivity contribution >= 4 is 16.8 Å². The summed E-state index contributed by atoms with van der Waals surface area (Å²) in [7, 11) is 0. The van der Waals surface area contributed by atoms with Gasteiger partial charge in [0.2, 0.25) is 0 Å². The van der Waals surface area contributed by atoms with Gasteiger partial charge in [-0.2, -0.15) is 18.3 Å². The average Bonchev–Trinajstić information content (AvgIpc) is 3.04. The van der Waals surface area contributed by atoms with Gasteiger partial charge in [-0.1, -0.05) is 0 Å². The van der Waals surface area contributed by atoms with Gasteiger partial charge in [0.05, 0.1) is 23.0 Å². The number of rotatable bonds is 6. The highest BCUT2D eigenvalue weighted by Crippen LogP contribution is 2.30. The van der Waals surface area contributed by atoms with Gasteiger partial charge in [-0.25, -0.2) is 0 Å². The summed E-state index contributed by atoms with van der Waals surface area (Å²) in [4.78, 5) is 16.2. The minimum Gasteiger partial charge on any atom is -0.492 e. The van der Waals surface area contributed by atoms with E-state index in [1.165, 1.54) is 18.3 Å². The lowest BCUT2D eigenvalue weighted by Gasteiger charge is -2.09. The van der Waals surface area contributed by atoms with Crippen molar-refractivity contribution in [2.45, 2.75) is 19.6 Å². The minimum absolute atomic E-state index is 0.212. The van der Waals surface area contributed by atoms with E-state index >= 15 is 0 Å². The third kappa shape index (κ3) is 4.36. The van der Waals surface area contributed by atoms with Crippen LogP contribution < -0.4 is 10.1 Å². The number of aromatic nitrogens is 3. The Kier molecular flexibility index (Phi) is 5.29. The number of carbonyl (C=O) groups is 1. The first-order valence-electron chi connectivity index (χ1n) is 8.29. The third-order valence-corrected chi connectivity index (χ3v) is 3.80. The smallest absolute Gasteiger partial charge is 0.416 e. The molecule has 1 amide bonds. The zero-order valence-corrected chi connectivity index (χ0v) is 14.5. The van der Waals surface area contributed by atoms with Gasteiger partial charge in [-0.05, 0) is 37.3 Å². The molecule has 0 unspecified atom stereocenters. The van der Waals surface area contributed by atoms with Crippen LogP contribution in [-0.4, -0.2) is 33.8 Å².